The summed E-state index contributed by atoms with van der Waals surface area (Å²) in [5.74, 6) is -1.13. The van der Waals surface area contributed by atoms with Gasteiger partial charge in [0, 0.05) is 18.8 Å². The van der Waals surface area contributed by atoms with Crippen molar-refractivity contribution in [3.05, 3.63) is 65.9 Å². The van der Waals surface area contributed by atoms with Crippen molar-refractivity contribution < 1.29 is 27.1 Å². The summed E-state index contributed by atoms with van der Waals surface area (Å²) in [6.07, 6.45) is -2.15. The Bertz CT molecular complexity index is 1150. The van der Waals surface area contributed by atoms with Gasteiger partial charge in [-0.1, -0.05) is 6.07 Å². The Morgan fingerprint density at radius 1 is 1.03 bits per heavy atom. The van der Waals surface area contributed by atoms with E-state index in [0.29, 0.717) is 32.0 Å². The van der Waals surface area contributed by atoms with Crippen LogP contribution in [0.15, 0.2) is 48.8 Å². The highest BCUT2D eigenvalue weighted by molar-refractivity contribution is 5.93. The zero-order valence-electron chi connectivity index (χ0n) is 17.6. The minimum Gasteiger partial charge on any atom is -0.378 e. The molecule has 1 aliphatic rings. The molecular weight excluding hydrogens is 458 g/mol. The number of morpholine rings is 1. The minimum absolute atomic E-state index is 0.0147. The van der Waals surface area contributed by atoms with E-state index >= 15 is 0 Å². The number of nitrogens with one attached hydrogen (secondary N) is 3. The van der Waals surface area contributed by atoms with E-state index in [9.17, 15) is 22.4 Å². The minimum atomic E-state index is -4.46. The number of nitrogens with zero attached hydrogens (tertiary/aromatic N) is 4. The largest absolute Gasteiger partial charge is 0.416 e. The fraction of sp³-hybridized carbons (Fsp3) is 0.238. The fourth-order valence-electron chi connectivity index (χ4n) is 3.13. The normalized spacial score (nSPS) is 13.9. The first-order valence-electron chi connectivity index (χ1n) is 10.1. The smallest absolute Gasteiger partial charge is 0.378 e. The van der Waals surface area contributed by atoms with Crippen molar-refractivity contribution >= 4 is 29.0 Å². The van der Waals surface area contributed by atoms with Crippen LogP contribution >= 0.6 is 0 Å². The van der Waals surface area contributed by atoms with Crippen LogP contribution < -0.4 is 21.1 Å². The van der Waals surface area contributed by atoms with E-state index < -0.39 is 23.5 Å². The van der Waals surface area contributed by atoms with E-state index in [2.05, 4.69) is 31.1 Å². The summed E-state index contributed by atoms with van der Waals surface area (Å²) in [5, 5.41) is 2.80. The van der Waals surface area contributed by atoms with E-state index in [1.807, 2.05) is 0 Å². The molecule has 4 rings (SSSR count). The highest BCUT2D eigenvalue weighted by atomic mass is 19.4. The molecule has 178 valence electrons. The van der Waals surface area contributed by atoms with E-state index in [-0.39, 0.29) is 23.1 Å². The predicted octanol–water partition coefficient (Wildman–Crippen LogP) is 3.37. The molecule has 0 spiro atoms. The molecule has 0 radical (unpaired) electrons. The quantitative estimate of drug-likeness (QED) is 0.367. The van der Waals surface area contributed by atoms with Crippen LogP contribution in [0, 0.1) is 5.82 Å². The second kappa shape index (κ2) is 9.87. The summed E-state index contributed by atoms with van der Waals surface area (Å²) in [4.78, 5) is 26.0. The summed E-state index contributed by atoms with van der Waals surface area (Å²) in [7, 11) is 0. The number of ether oxygens (including phenoxy) is 1. The van der Waals surface area contributed by atoms with Crippen molar-refractivity contribution in [1.82, 2.24) is 20.4 Å². The number of alkyl halides is 3. The van der Waals surface area contributed by atoms with Crippen molar-refractivity contribution in [1.29, 1.82) is 0 Å². The summed E-state index contributed by atoms with van der Waals surface area (Å²) in [6, 6.07) is 7.59. The molecule has 1 fully saturated rings. The van der Waals surface area contributed by atoms with Gasteiger partial charge in [-0.05, 0) is 30.3 Å². The molecule has 34 heavy (non-hydrogen) atoms. The second-order valence-corrected chi connectivity index (χ2v) is 7.18. The van der Waals surface area contributed by atoms with Crippen molar-refractivity contribution in [3.63, 3.8) is 0 Å². The van der Waals surface area contributed by atoms with Crippen LogP contribution in [0.25, 0.3) is 0 Å². The predicted molar refractivity (Wildman–Crippen MR) is 115 cm³/mol. The van der Waals surface area contributed by atoms with Gasteiger partial charge in [-0.3, -0.25) is 15.6 Å². The van der Waals surface area contributed by atoms with Crippen LogP contribution in [0.4, 0.5) is 40.7 Å². The van der Waals surface area contributed by atoms with Crippen LogP contribution in [0.1, 0.15) is 16.1 Å². The van der Waals surface area contributed by atoms with Gasteiger partial charge >= 0.3 is 6.18 Å². The van der Waals surface area contributed by atoms with Gasteiger partial charge in [0.2, 0.25) is 5.95 Å². The molecule has 9 nitrogen and oxygen atoms in total. The number of aromatic nitrogens is 3. The lowest BCUT2D eigenvalue weighted by atomic mass is 10.2. The van der Waals surface area contributed by atoms with Crippen molar-refractivity contribution in [2.45, 2.75) is 6.18 Å². The van der Waals surface area contributed by atoms with Gasteiger partial charge in [0.05, 0.1) is 36.9 Å². The highest BCUT2D eigenvalue weighted by Crippen LogP contribution is 2.31. The third-order valence-corrected chi connectivity index (χ3v) is 4.80. The van der Waals surface area contributed by atoms with Gasteiger partial charge in [0.1, 0.15) is 5.69 Å². The van der Waals surface area contributed by atoms with Gasteiger partial charge < -0.3 is 15.0 Å². The maximum Gasteiger partial charge on any atom is 0.416 e. The van der Waals surface area contributed by atoms with Crippen LogP contribution in [0.3, 0.4) is 0 Å². The average molecular weight is 477 g/mol. The number of amides is 1. The number of hydrazine groups is 1. The Labute approximate surface area is 191 Å². The standard InChI is InChI=1S/C21H19F4N7O2/c22-16-12-27-20(29-18(16)32-6-8-34-9-7-32)31-30-19(33)17-5-4-15(11-26-17)28-14-3-1-2-13(10-14)21(23,24)25/h1-5,10-12,28H,6-9H2,(H,30,33)(H,27,29,31). The molecule has 2 aromatic heterocycles. The molecule has 0 unspecified atom stereocenters. The molecule has 0 saturated carbocycles. The number of benzene rings is 1. The van der Waals surface area contributed by atoms with Gasteiger partial charge in [-0.15, -0.1) is 0 Å². The Hall–Kier alpha value is -4.00. The highest BCUT2D eigenvalue weighted by Gasteiger charge is 2.30. The molecular formula is C21H19F4N7O2. The number of hydrogen-bond donors (Lipinski definition) is 3. The van der Waals surface area contributed by atoms with Crippen LogP contribution in [-0.2, 0) is 10.9 Å². The molecule has 0 aliphatic carbocycles. The lowest BCUT2D eigenvalue weighted by molar-refractivity contribution is -0.137. The molecule has 1 aliphatic heterocycles. The lowest BCUT2D eigenvalue weighted by Gasteiger charge is -2.28. The SMILES string of the molecule is O=C(NNc1ncc(F)c(N2CCOCC2)n1)c1ccc(Nc2cccc(C(F)(F)F)c2)cn1. The zero-order valence-corrected chi connectivity index (χ0v) is 17.6. The van der Waals surface area contributed by atoms with E-state index in [1.165, 1.54) is 30.5 Å². The number of hydrogen-bond acceptors (Lipinski definition) is 8. The second-order valence-electron chi connectivity index (χ2n) is 7.18. The number of anilines is 4. The molecule has 0 atom stereocenters. The van der Waals surface area contributed by atoms with Gasteiger partial charge in [0.25, 0.3) is 5.91 Å². The molecule has 3 heterocycles. The third kappa shape index (κ3) is 5.67. The van der Waals surface area contributed by atoms with E-state index in [4.69, 9.17) is 4.74 Å². The lowest BCUT2D eigenvalue weighted by Crippen LogP contribution is -2.38. The topological polar surface area (TPSA) is 104 Å². The first-order valence-corrected chi connectivity index (χ1v) is 10.1. The zero-order chi connectivity index (χ0) is 24.1. The number of rotatable bonds is 6. The molecule has 0 bridgehead atoms. The molecule has 3 aromatic rings. The maximum atomic E-state index is 14.1. The number of carbonyl (C=O) groups is 1. The fourth-order valence-corrected chi connectivity index (χ4v) is 3.13. The summed E-state index contributed by atoms with van der Waals surface area (Å²) >= 11 is 0. The summed E-state index contributed by atoms with van der Waals surface area (Å²) in [6.45, 7) is 1.86. The Morgan fingerprint density at radius 2 is 1.82 bits per heavy atom. The molecule has 3 N–H and O–H groups in total. The Balaban J connectivity index is 1.36. The van der Waals surface area contributed by atoms with E-state index in [0.717, 1.165) is 18.3 Å². The summed E-state index contributed by atoms with van der Waals surface area (Å²) in [5.41, 5.74) is 4.74. The van der Waals surface area contributed by atoms with Crippen LogP contribution in [0.2, 0.25) is 0 Å². The number of halogens is 4. The first-order chi connectivity index (χ1) is 16.3. The molecule has 1 amide bonds. The van der Waals surface area contributed by atoms with Crippen LogP contribution in [0.5, 0.6) is 0 Å². The maximum absolute atomic E-state index is 14.1. The van der Waals surface area contributed by atoms with Crippen molar-refractivity contribution in [2.75, 3.05) is 41.9 Å². The van der Waals surface area contributed by atoms with Crippen molar-refractivity contribution in [3.8, 4) is 0 Å². The molecule has 13 heteroatoms. The average Bonchev–Trinajstić information content (AvgIpc) is 2.84. The number of carbonyl (C=O) groups excluding carboxylic acids is 1. The monoisotopic (exact) mass is 477 g/mol. The van der Waals surface area contributed by atoms with Gasteiger partial charge in [0.15, 0.2) is 11.6 Å². The molecule has 1 aromatic carbocycles. The first kappa shape index (κ1) is 23.2. The van der Waals surface area contributed by atoms with Crippen LogP contribution in [-0.4, -0.2) is 47.2 Å². The van der Waals surface area contributed by atoms with Gasteiger partial charge in [-0.25, -0.2) is 14.4 Å². The van der Waals surface area contributed by atoms with Gasteiger partial charge in [-0.2, -0.15) is 18.2 Å². The Kier molecular flexibility index (Phi) is 6.72. The Morgan fingerprint density at radius 3 is 2.53 bits per heavy atom. The third-order valence-electron chi connectivity index (χ3n) is 4.80. The number of pyridine rings is 1. The summed E-state index contributed by atoms with van der Waals surface area (Å²) < 4.78 is 57.9. The molecule has 1 saturated heterocycles. The van der Waals surface area contributed by atoms with E-state index in [1.54, 1.807) is 4.90 Å². The van der Waals surface area contributed by atoms with Crippen molar-refractivity contribution in [2.24, 2.45) is 0 Å².